The predicted octanol–water partition coefficient (Wildman–Crippen LogP) is 3.10. The van der Waals surface area contributed by atoms with Crippen LogP contribution in [0.2, 0.25) is 0 Å². The minimum Gasteiger partial charge on any atom is -0.496 e. The summed E-state index contributed by atoms with van der Waals surface area (Å²) in [6.07, 6.45) is 0.972. The average molecular weight is 251 g/mol. The lowest BCUT2D eigenvalue weighted by atomic mass is 9.84. The normalized spacial score (nSPS) is 12.6. The molecule has 0 aliphatic heterocycles. The number of nitrogens with two attached hydrogens (primary N) is 1. The number of methoxy groups -OCH3 is 2. The summed E-state index contributed by atoms with van der Waals surface area (Å²) < 4.78 is 10.9. The van der Waals surface area contributed by atoms with E-state index in [4.69, 9.17) is 15.2 Å². The van der Waals surface area contributed by atoms with E-state index in [1.807, 2.05) is 13.0 Å². The van der Waals surface area contributed by atoms with Crippen LogP contribution in [0.1, 0.15) is 37.3 Å². The quantitative estimate of drug-likeness (QED) is 0.845. The SMILES string of the molecule is COc1ccc(C(CCN)C(C)C)c(OC)c1C. The van der Waals surface area contributed by atoms with Gasteiger partial charge in [0, 0.05) is 5.56 Å². The van der Waals surface area contributed by atoms with E-state index in [0.29, 0.717) is 18.4 Å². The number of benzene rings is 1. The first-order valence-electron chi connectivity index (χ1n) is 6.48. The molecule has 0 saturated carbocycles. The van der Waals surface area contributed by atoms with Crippen LogP contribution in [0.4, 0.5) is 0 Å². The van der Waals surface area contributed by atoms with Crippen molar-refractivity contribution < 1.29 is 9.47 Å². The fourth-order valence-electron chi connectivity index (χ4n) is 2.51. The van der Waals surface area contributed by atoms with E-state index in [2.05, 4.69) is 19.9 Å². The smallest absolute Gasteiger partial charge is 0.128 e. The summed E-state index contributed by atoms with van der Waals surface area (Å²) in [5.74, 6) is 2.76. The van der Waals surface area contributed by atoms with Gasteiger partial charge >= 0.3 is 0 Å². The van der Waals surface area contributed by atoms with Gasteiger partial charge in [-0.25, -0.2) is 0 Å². The second-order valence-electron chi connectivity index (χ2n) is 4.94. The molecule has 0 aliphatic carbocycles. The molecule has 0 aliphatic rings. The Kier molecular flexibility index (Phi) is 5.48. The third-order valence-corrected chi connectivity index (χ3v) is 3.49. The Balaban J connectivity index is 3.25. The zero-order valence-corrected chi connectivity index (χ0v) is 12.1. The minimum absolute atomic E-state index is 0.426. The van der Waals surface area contributed by atoms with E-state index in [-0.39, 0.29) is 0 Å². The van der Waals surface area contributed by atoms with Crippen LogP contribution in [-0.2, 0) is 0 Å². The Morgan fingerprint density at radius 2 is 1.83 bits per heavy atom. The van der Waals surface area contributed by atoms with Crippen molar-refractivity contribution in [3.63, 3.8) is 0 Å². The van der Waals surface area contributed by atoms with Crippen LogP contribution in [0.5, 0.6) is 11.5 Å². The molecule has 0 fully saturated rings. The lowest BCUT2D eigenvalue weighted by Gasteiger charge is -2.24. The lowest BCUT2D eigenvalue weighted by molar-refractivity contribution is 0.373. The van der Waals surface area contributed by atoms with Gasteiger partial charge in [-0.1, -0.05) is 19.9 Å². The van der Waals surface area contributed by atoms with Crippen LogP contribution >= 0.6 is 0 Å². The summed E-state index contributed by atoms with van der Waals surface area (Å²) in [4.78, 5) is 0. The molecule has 1 atom stereocenters. The van der Waals surface area contributed by atoms with Gasteiger partial charge in [0.05, 0.1) is 14.2 Å². The first-order valence-corrected chi connectivity index (χ1v) is 6.48. The fourth-order valence-corrected chi connectivity index (χ4v) is 2.51. The van der Waals surface area contributed by atoms with E-state index in [0.717, 1.165) is 23.5 Å². The Labute approximate surface area is 110 Å². The largest absolute Gasteiger partial charge is 0.496 e. The third kappa shape index (κ3) is 2.96. The van der Waals surface area contributed by atoms with Crippen LogP contribution in [0.3, 0.4) is 0 Å². The van der Waals surface area contributed by atoms with Crippen LogP contribution < -0.4 is 15.2 Å². The summed E-state index contributed by atoms with van der Waals surface area (Å²) in [6.45, 7) is 7.16. The molecule has 18 heavy (non-hydrogen) atoms. The molecule has 3 nitrogen and oxygen atoms in total. The molecular formula is C15H25NO2. The summed E-state index contributed by atoms with van der Waals surface area (Å²) in [6, 6.07) is 4.12. The van der Waals surface area contributed by atoms with Crippen molar-refractivity contribution in [1.29, 1.82) is 0 Å². The van der Waals surface area contributed by atoms with Gasteiger partial charge in [0.15, 0.2) is 0 Å². The fraction of sp³-hybridized carbons (Fsp3) is 0.600. The molecule has 1 rings (SSSR count). The van der Waals surface area contributed by atoms with Gasteiger partial charge in [-0.2, -0.15) is 0 Å². The first-order chi connectivity index (χ1) is 8.56. The molecule has 0 heterocycles. The maximum Gasteiger partial charge on any atom is 0.128 e. The lowest BCUT2D eigenvalue weighted by Crippen LogP contribution is -2.14. The Morgan fingerprint density at radius 1 is 1.17 bits per heavy atom. The van der Waals surface area contributed by atoms with Gasteiger partial charge in [0.1, 0.15) is 11.5 Å². The summed E-state index contributed by atoms with van der Waals surface area (Å²) in [5.41, 5.74) is 8.01. The summed E-state index contributed by atoms with van der Waals surface area (Å²) in [5, 5.41) is 0. The molecule has 0 radical (unpaired) electrons. The summed E-state index contributed by atoms with van der Waals surface area (Å²) in [7, 11) is 3.40. The van der Waals surface area contributed by atoms with Crippen LogP contribution in [0.25, 0.3) is 0 Å². The minimum atomic E-state index is 0.426. The van der Waals surface area contributed by atoms with Gasteiger partial charge in [0.2, 0.25) is 0 Å². The second kappa shape index (κ2) is 6.64. The number of ether oxygens (including phenoxy) is 2. The number of rotatable bonds is 6. The van der Waals surface area contributed by atoms with Crippen molar-refractivity contribution in [3.8, 4) is 11.5 Å². The molecule has 102 valence electrons. The molecule has 2 N–H and O–H groups in total. The van der Waals surface area contributed by atoms with E-state index < -0.39 is 0 Å². The van der Waals surface area contributed by atoms with Gasteiger partial charge in [-0.3, -0.25) is 0 Å². The van der Waals surface area contributed by atoms with Crippen LogP contribution in [-0.4, -0.2) is 20.8 Å². The first kappa shape index (κ1) is 14.8. The number of hydrogen-bond acceptors (Lipinski definition) is 3. The zero-order valence-electron chi connectivity index (χ0n) is 12.1. The molecule has 0 saturated heterocycles. The standard InChI is InChI=1S/C15H25NO2/c1-10(2)12(8-9-16)13-6-7-14(17-4)11(3)15(13)18-5/h6-7,10,12H,8-9,16H2,1-5H3. The van der Waals surface area contributed by atoms with E-state index in [1.54, 1.807) is 14.2 Å². The maximum atomic E-state index is 5.72. The van der Waals surface area contributed by atoms with Crippen LogP contribution in [0, 0.1) is 12.8 Å². The van der Waals surface area contributed by atoms with Crippen molar-refractivity contribution in [1.82, 2.24) is 0 Å². The van der Waals surface area contributed by atoms with Gasteiger partial charge in [-0.15, -0.1) is 0 Å². The van der Waals surface area contributed by atoms with Crippen LogP contribution in [0.15, 0.2) is 12.1 Å². The second-order valence-corrected chi connectivity index (χ2v) is 4.94. The molecule has 3 heteroatoms. The van der Waals surface area contributed by atoms with Gasteiger partial charge in [-0.05, 0) is 43.4 Å². The molecule has 0 amide bonds. The van der Waals surface area contributed by atoms with Crippen molar-refractivity contribution in [2.75, 3.05) is 20.8 Å². The molecule has 1 unspecified atom stereocenters. The highest BCUT2D eigenvalue weighted by atomic mass is 16.5. The zero-order chi connectivity index (χ0) is 13.7. The highest BCUT2D eigenvalue weighted by Crippen LogP contribution is 2.39. The highest BCUT2D eigenvalue weighted by Gasteiger charge is 2.21. The van der Waals surface area contributed by atoms with Crippen molar-refractivity contribution in [2.45, 2.75) is 33.1 Å². The number of hydrogen-bond donors (Lipinski definition) is 1. The Morgan fingerprint density at radius 3 is 2.28 bits per heavy atom. The molecular weight excluding hydrogens is 226 g/mol. The maximum absolute atomic E-state index is 5.72. The third-order valence-electron chi connectivity index (χ3n) is 3.49. The van der Waals surface area contributed by atoms with E-state index in [9.17, 15) is 0 Å². The predicted molar refractivity (Wildman–Crippen MR) is 75.5 cm³/mol. The topological polar surface area (TPSA) is 44.5 Å². The summed E-state index contributed by atoms with van der Waals surface area (Å²) >= 11 is 0. The van der Waals surface area contributed by atoms with Crippen molar-refractivity contribution in [3.05, 3.63) is 23.3 Å². The van der Waals surface area contributed by atoms with Crippen molar-refractivity contribution in [2.24, 2.45) is 11.7 Å². The van der Waals surface area contributed by atoms with Gasteiger partial charge in [0.25, 0.3) is 0 Å². The average Bonchev–Trinajstić information content (AvgIpc) is 2.35. The van der Waals surface area contributed by atoms with Crippen molar-refractivity contribution >= 4 is 0 Å². The molecule has 1 aromatic rings. The van der Waals surface area contributed by atoms with Gasteiger partial charge < -0.3 is 15.2 Å². The monoisotopic (exact) mass is 251 g/mol. The molecule has 1 aromatic carbocycles. The molecule has 0 bridgehead atoms. The van der Waals surface area contributed by atoms with E-state index >= 15 is 0 Å². The molecule has 0 spiro atoms. The highest BCUT2D eigenvalue weighted by molar-refractivity contribution is 5.50. The molecule has 0 aromatic heterocycles. The Bertz CT molecular complexity index is 388. The Hall–Kier alpha value is -1.22. The van der Waals surface area contributed by atoms with E-state index in [1.165, 1.54) is 5.56 Å².